The SMILES string of the molecule is Cc1cc(F)c(Br)cc1NC(=O)c1ccc(N)cc1F. The number of halogens is 3. The molecule has 0 saturated heterocycles. The number of nitrogen functional groups attached to an aromatic ring is 1. The Labute approximate surface area is 122 Å². The molecule has 2 aromatic rings. The van der Waals surface area contributed by atoms with E-state index in [2.05, 4.69) is 21.2 Å². The third kappa shape index (κ3) is 2.96. The first-order valence-corrected chi connectivity index (χ1v) is 6.50. The topological polar surface area (TPSA) is 55.1 Å². The lowest BCUT2D eigenvalue weighted by atomic mass is 10.1. The maximum atomic E-state index is 13.6. The van der Waals surface area contributed by atoms with E-state index in [0.717, 1.165) is 6.07 Å². The van der Waals surface area contributed by atoms with Crippen LogP contribution in [0.3, 0.4) is 0 Å². The Bertz CT molecular complexity index is 689. The summed E-state index contributed by atoms with van der Waals surface area (Å²) in [4.78, 5) is 12.0. The quantitative estimate of drug-likeness (QED) is 0.815. The van der Waals surface area contributed by atoms with Crippen molar-refractivity contribution < 1.29 is 13.6 Å². The van der Waals surface area contributed by atoms with Gasteiger partial charge in [0.25, 0.3) is 5.91 Å². The number of anilines is 2. The van der Waals surface area contributed by atoms with Gasteiger partial charge in [0.2, 0.25) is 0 Å². The van der Waals surface area contributed by atoms with Crippen LogP contribution in [-0.4, -0.2) is 5.91 Å². The summed E-state index contributed by atoms with van der Waals surface area (Å²) < 4.78 is 27.2. The number of hydrogen-bond donors (Lipinski definition) is 2. The second-order valence-electron chi connectivity index (χ2n) is 4.27. The number of carbonyl (C=O) groups is 1. The van der Waals surface area contributed by atoms with Gasteiger partial charge in [-0.1, -0.05) is 0 Å². The third-order valence-corrected chi connectivity index (χ3v) is 3.36. The first-order chi connectivity index (χ1) is 9.38. The fourth-order valence-corrected chi connectivity index (χ4v) is 2.03. The molecule has 0 radical (unpaired) electrons. The van der Waals surface area contributed by atoms with Gasteiger partial charge in [0.15, 0.2) is 0 Å². The summed E-state index contributed by atoms with van der Waals surface area (Å²) in [5, 5.41) is 2.54. The van der Waals surface area contributed by atoms with E-state index in [0.29, 0.717) is 11.3 Å². The molecule has 2 aromatic carbocycles. The molecule has 6 heteroatoms. The minimum atomic E-state index is -0.707. The number of rotatable bonds is 2. The zero-order valence-corrected chi connectivity index (χ0v) is 12.1. The Morgan fingerprint density at radius 2 is 1.90 bits per heavy atom. The Balaban J connectivity index is 2.30. The van der Waals surface area contributed by atoms with Crippen LogP contribution in [0.25, 0.3) is 0 Å². The number of aryl methyl sites for hydroxylation is 1. The normalized spacial score (nSPS) is 10.4. The van der Waals surface area contributed by atoms with E-state index in [4.69, 9.17) is 5.73 Å². The molecule has 0 spiro atoms. The molecule has 3 nitrogen and oxygen atoms in total. The van der Waals surface area contributed by atoms with E-state index >= 15 is 0 Å². The lowest BCUT2D eigenvalue weighted by Gasteiger charge is -2.10. The van der Waals surface area contributed by atoms with Crippen LogP contribution in [0.2, 0.25) is 0 Å². The van der Waals surface area contributed by atoms with Gasteiger partial charge in [0.05, 0.1) is 10.0 Å². The molecule has 20 heavy (non-hydrogen) atoms. The second-order valence-corrected chi connectivity index (χ2v) is 5.13. The van der Waals surface area contributed by atoms with Crippen molar-refractivity contribution in [3.05, 3.63) is 57.6 Å². The van der Waals surface area contributed by atoms with E-state index in [1.165, 1.54) is 24.3 Å². The number of nitrogens with two attached hydrogens (primary N) is 1. The zero-order valence-electron chi connectivity index (χ0n) is 10.5. The van der Waals surface area contributed by atoms with Crippen molar-refractivity contribution in [2.24, 2.45) is 0 Å². The summed E-state index contributed by atoms with van der Waals surface area (Å²) in [6.45, 7) is 1.64. The number of nitrogens with one attached hydrogen (secondary N) is 1. The molecule has 0 atom stereocenters. The van der Waals surface area contributed by atoms with Gasteiger partial charge in [-0.3, -0.25) is 4.79 Å². The van der Waals surface area contributed by atoms with Crippen molar-refractivity contribution in [2.75, 3.05) is 11.1 Å². The van der Waals surface area contributed by atoms with E-state index < -0.39 is 17.5 Å². The average molecular weight is 341 g/mol. The molecule has 104 valence electrons. The van der Waals surface area contributed by atoms with Gasteiger partial charge in [0, 0.05) is 11.4 Å². The number of hydrogen-bond acceptors (Lipinski definition) is 2. The molecule has 0 aliphatic heterocycles. The highest BCUT2D eigenvalue weighted by molar-refractivity contribution is 9.10. The van der Waals surface area contributed by atoms with Crippen LogP contribution in [0.1, 0.15) is 15.9 Å². The maximum Gasteiger partial charge on any atom is 0.258 e. The summed E-state index contributed by atoms with van der Waals surface area (Å²) in [5.74, 6) is -1.76. The molecular weight excluding hydrogens is 330 g/mol. The molecule has 0 unspecified atom stereocenters. The van der Waals surface area contributed by atoms with Crippen LogP contribution in [0.4, 0.5) is 20.2 Å². The molecule has 0 heterocycles. The van der Waals surface area contributed by atoms with Crippen molar-refractivity contribution in [3.63, 3.8) is 0 Å². The molecule has 2 rings (SSSR count). The van der Waals surface area contributed by atoms with Crippen molar-refractivity contribution >= 4 is 33.2 Å². The Hall–Kier alpha value is -1.95. The summed E-state index contributed by atoms with van der Waals surface area (Å²) in [6.07, 6.45) is 0. The standard InChI is InChI=1S/C14H11BrF2N2O/c1-7-4-12(17)10(15)6-13(7)19-14(20)9-3-2-8(18)5-11(9)16/h2-6H,18H2,1H3,(H,19,20). The fourth-order valence-electron chi connectivity index (χ4n) is 1.69. The van der Waals surface area contributed by atoms with Crippen LogP contribution in [0.15, 0.2) is 34.8 Å². The highest BCUT2D eigenvalue weighted by atomic mass is 79.9. The fraction of sp³-hybridized carbons (Fsp3) is 0.0714. The van der Waals surface area contributed by atoms with Crippen molar-refractivity contribution in [1.82, 2.24) is 0 Å². The van der Waals surface area contributed by atoms with E-state index in [9.17, 15) is 13.6 Å². The van der Waals surface area contributed by atoms with Gasteiger partial charge < -0.3 is 11.1 Å². The Morgan fingerprint density at radius 1 is 1.20 bits per heavy atom. The summed E-state index contributed by atoms with van der Waals surface area (Å²) in [7, 11) is 0. The molecule has 1 amide bonds. The molecule has 0 aliphatic rings. The van der Waals surface area contributed by atoms with Crippen LogP contribution in [-0.2, 0) is 0 Å². The Kier molecular flexibility index (Phi) is 4.04. The smallest absolute Gasteiger partial charge is 0.258 e. The predicted octanol–water partition coefficient (Wildman–Crippen LogP) is 3.87. The first kappa shape index (κ1) is 14.5. The largest absolute Gasteiger partial charge is 0.399 e. The number of carbonyl (C=O) groups excluding carboxylic acids is 1. The molecule has 3 N–H and O–H groups in total. The maximum absolute atomic E-state index is 13.6. The average Bonchev–Trinajstić information content (AvgIpc) is 2.35. The van der Waals surface area contributed by atoms with Crippen LogP contribution in [0.5, 0.6) is 0 Å². The minimum absolute atomic E-state index is 0.126. The summed E-state index contributed by atoms with van der Waals surface area (Å²) >= 11 is 3.03. The number of amides is 1. The van der Waals surface area contributed by atoms with Crippen LogP contribution in [0, 0.1) is 18.6 Å². The van der Waals surface area contributed by atoms with Crippen LogP contribution < -0.4 is 11.1 Å². The predicted molar refractivity (Wildman–Crippen MR) is 77.6 cm³/mol. The highest BCUT2D eigenvalue weighted by Crippen LogP contribution is 2.25. The molecule has 0 fully saturated rings. The molecule has 0 bridgehead atoms. The lowest BCUT2D eigenvalue weighted by molar-refractivity contribution is 0.102. The second kappa shape index (κ2) is 5.58. The van der Waals surface area contributed by atoms with Crippen molar-refractivity contribution in [1.29, 1.82) is 0 Å². The monoisotopic (exact) mass is 340 g/mol. The van der Waals surface area contributed by atoms with Crippen molar-refractivity contribution in [2.45, 2.75) is 6.92 Å². The minimum Gasteiger partial charge on any atom is -0.399 e. The van der Waals surface area contributed by atoms with Gasteiger partial charge in [-0.05, 0) is 58.7 Å². The van der Waals surface area contributed by atoms with Crippen molar-refractivity contribution in [3.8, 4) is 0 Å². The number of benzene rings is 2. The highest BCUT2D eigenvalue weighted by Gasteiger charge is 2.14. The van der Waals surface area contributed by atoms with Gasteiger partial charge in [-0.15, -0.1) is 0 Å². The lowest BCUT2D eigenvalue weighted by Crippen LogP contribution is -2.15. The molecule has 0 aliphatic carbocycles. The van der Waals surface area contributed by atoms with E-state index in [1.807, 2.05) is 0 Å². The van der Waals surface area contributed by atoms with Crippen LogP contribution >= 0.6 is 15.9 Å². The third-order valence-electron chi connectivity index (χ3n) is 2.75. The Morgan fingerprint density at radius 3 is 2.55 bits per heavy atom. The van der Waals surface area contributed by atoms with E-state index in [-0.39, 0.29) is 15.7 Å². The van der Waals surface area contributed by atoms with Gasteiger partial charge in [-0.2, -0.15) is 0 Å². The van der Waals surface area contributed by atoms with Gasteiger partial charge in [-0.25, -0.2) is 8.78 Å². The molecule has 0 aromatic heterocycles. The summed E-state index contributed by atoms with van der Waals surface area (Å²) in [6, 6.07) is 6.51. The van der Waals surface area contributed by atoms with E-state index in [1.54, 1.807) is 6.92 Å². The summed E-state index contributed by atoms with van der Waals surface area (Å²) in [5.41, 5.74) is 6.47. The molecular formula is C14H11BrF2N2O. The zero-order chi connectivity index (χ0) is 14.9. The van der Waals surface area contributed by atoms with Gasteiger partial charge in [0.1, 0.15) is 11.6 Å². The first-order valence-electron chi connectivity index (χ1n) is 5.70. The molecule has 0 saturated carbocycles. The van der Waals surface area contributed by atoms with Gasteiger partial charge >= 0.3 is 0 Å².